The van der Waals surface area contributed by atoms with E-state index in [0.29, 0.717) is 6.54 Å². The molecule has 1 aromatic carbocycles. The fraction of sp³-hybridized carbons (Fsp3) is 0.438. The van der Waals surface area contributed by atoms with Gasteiger partial charge < -0.3 is 4.52 Å². The Hall–Kier alpha value is -1.72. The van der Waals surface area contributed by atoms with Crippen molar-refractivity contribution in [1.82, 2.24) is 15.0 Å². The number of hydrogen-bond donors (Lipinski definition) is 0. The Balaban J connectivity index is 1.50. The topological polar surface area (TPSA) is 32.5 Å². The van der Waals surface area contributed by atoms with Crippen molar-refractivity contribution in [1.29, 1.82) is 0 Å². The van der Waals surface area contributed by atoms with Gasteiger partial charge in [-0.25, -0.2) is 4.39 Å². The SMILES string of the molecule is Cc1cc(CN2CCN(Cc3ccccc3F)CC2)on1. The van der Waals surface area contributed by atoms with Gasteiger partial charge in [0.25, 0.3) is 0 Å². The third-order valence-electron chi connectivity index (χ3n) is 3.87. The maximum atomic E-state index is 13.7. The van der Waals surface area contributed by atoms with Gasteiger partial charge in [0, 0.05) is 44.4 Å². The molecule has 4 nitrogen and oxygen atoms in total. The number of aryl methyl sites for hydroxylation is 1. The van der Waals surface area contributed by atoms with E-state index in [1.807, 2.05) is 25.1 Å². The van der Waals surface area contributed by atoms with E-state index < -0.39 is 0 Å². The maximum Gasteiger partial charge on any atom is 0.150 e. The van der Waals surface area contributed by atoms with Crippen LogP contribution >= 0.6 is 0 Å². The molecule has 1 aromatic heterocycles. The van der Waals surface area contributed by atoms with Crippen LogP contribution < -0.4 is 0 Å². The van der Waals surface area contributed by atoms with Gasteiger partial charge in [-0.3, -0.25) is 9.80 Å². The van der Waals surface area contributed by atoms with Crippen LogP contribution in [-0.2, 0) is 13.1 Å². The Kier molecular flexibility index (Phi) is 4.31. The Morgan fingerprint density at radius 1 is 1.10 bits per heavy atom. The van der Waals surface area contributed by atoms with E-state index >= 15 is 0 Å². The second-order valence-corrected chi connectivity index (χ2v) is 5.58. The van der Waals surface area contributed by atoms with Gasteiger partial charge >= 0.3 is 0 Å². The number of halogens is 1. The summed E-state index contributed by atoms with van der Waals surface area (Å²) in [4.78, 5) is 4.64. The Labute approximate surface area is 124 Å². The second kappa shape index (κ2) is 6.37. The first-order valence-electron chi connectivity index (χ1n) is 7.31. The molecule has 0 N–H and O–H groups in total. The molecule has 0 bridgehead atoms. The molecule has 1 fully saturated rings. The smallest absolute Gasteiger partial charge is 0.150 e. The van der Waals surface area contributed by atoms with Crippen LogP contribution in [0.25, 0.3) is 0 Å². The predicted octanol–water partition coefficient (Wildman–Crippen LogP) is 2.44. The molecule has 21 heavy (non-hydrogen) atoms. The standard InChI is InChI=1S/C16H20FN3O/c1-13-10-15(21-18-13)12-20-8-6-19(7-9-20)11-14-4-2-3-5-16(14)17/h2-5,10H,6-9,11-12H2,1H3. The van der Waals surface area contributed by atoms with Crippen LogP contribution in [0.1, 0.15) is 17.0 Å². The highest BCUT2D eigenvalue weighted by Gasteiger charge is 2.19. The van der Waals surface area contributed by atoms with Gasteiger partial charge in [0.1, 0.15) is 5.82 Å². The highest BCUT2D eigenvalue weighted by molar-refractivity contribution is 5.17. The van der Waals surface area contributed by atoms with E-state index in [2.05, 4.69) is 15.0 Å². The fourth-order valence-corrected chi connectivity index (χ4v) is 2.68. The lowest BCUT2D eigenvalue weighted by Gasteiger charge is -2.34. The lowest BCUT2D eigenvalue weighted by molar-refractivity contribution is 0.113. The van der Waals surface area contributed by atoms with Gasteiger partial charge in [0.15, 0.2) is 5.76 Å². The van der Waals surface area contributed by atoms with Crippen molar-refractivity contribution in [2.24, 2.45) is 0 Å². The Morgan fingerprint density at radius 2 is 1.76 bits per heavy atom. The lowest BCUT2D eigenvalue weighted by Crippen LogP contribution is -2.45. The number of benzene rings is 1. The lowest BCUT2D eigenvalue weighted by atomic mass is 10.2. The van der Waals surface area contributed by atoms with Crippen LogP contribution in [0.2, 0.25) is 0 Å². The number of rotatable bonds is 4. The van der Waals surface area contributed by atoms with Gasteiger partial charge in [-0.1, -0.05) is 23.4 Å². The third-order valence-corrected chi connectivity index (χ3v) is 3.87. The van der Waals surface area contributed by atoms with E-state index in [-0.39, 0.29) is 5.82 Å². The second-order valence-electron chi connectivity index (χ2n) is 5.58. The van der Waals surface area contributed by atoms with Gasteiger partial charge in [0.05, 0.1) is 12.2 Å². The van der Waals surface area contributed by atoms with Crippen LogP contribution in [-0.4, -0.2) is 41.1 Å². The van der Waals surface area contributed by atoms with Gasteiger partial charge in [-0.05, 0) is 13.0 Å². The quantitative estimate of drug-likeness (QED) is 0.865. The first-order valence-corrected chi connectivity index (χ1v) is 7.31. The molecule has 0 radical (unpaired) electrons. The summed E-state index contributed by atoms with van der Waals surface area (Å²) in [5.41, 5.74) is 1.69. The molecule has 0 spiro atoms. The highest BCUT2D eigenvalue weighted by Crippen LogP contribution is 2.14. The average Bonchev–Trinajstić information content (AvgIpc) is 2.89. The minimum Gasteiger partial charge on any atom is -0.360 e. The molecule has 0 amide bonds. The number of hydrogen-bond acceptors (Lipinski definition) is 4. The van der Waals surface area contributed by atoms with Crippen molar-refractivity contribution >= 4 is 0 Å². The van der Waals surface area contributed by atoms with Gasteiger partial charge in [-0.15, -0.1) is 0 Å². The molecule has 0 unspecified atom stereocenters. The summed E-state index contributed by atoms with van der Waals surface area (Å²) in [6.45, 7) is 7.24. The highest BCUT2D eigenvalue weighted by atomic mass is 19.1. The van der Waals surface area contributed by atoms with E-state index in [4.69, 9.17) is 4.52 Å². The summed E-state index contributed by atoms with van der Waals surface area (Å²) in [6, 6.07) is 8.99. The number of aromatic nitrogens is 1. The predicted molar refractivity (Wildman–Crippen MR) is 78.2 cm³/mol. The molecule has 2 heterocycles. The molecule has 3 rings (SSSR count). The normalized spacial score (nSPS) is 17.2. The molecule has 0 atom stereocenters. The molecule has 0 aliphatic carbocycles. The largest absolute Gasteiger partial charge is 0.360 e. The molecule has 0 saturated carbocycles. The molecule has 1 aliphatic rings. The van der Waals surface area contributed by atoms with Gasteiger partial charge in [0.2, 0.25) is 0 Å². The first kappa shape index (κ1) is 14.2. The van der Waals surface area contributed by atoms with Gasteiger partial charge in [-0.2, -0.15) is 0 Å². The maximum absolute atomic E-state index is 13.7. The van der Waals surface area contributed by atoms with Crippen LogP contribution in [0.15, 0.2) is 34.9 Å². The Morgan fingerprint density at radius 3 is 2.38 bits per heavy atom. The summed E-state index contributed by atoms with van der Waals surface area (Å²) >= 11 is 0. The van der Waals surface area contributed by atoms with Crippen molar-refractivity contribution in [3.63, 3.8) is 0 Å². The molecule has 112 valence electrons. The van der Waals surface area contributed by atoms with Crippen LogP contribution in [0.5, 0.6) is 0 Å². The molecular weight excluding hydrogens is 269 g/mol. The molecule has 1 aliphatic heterocycles. The zero-order valence-electron chi connectivity index (χ0n) is 12.3. The van der Waals surface area contributed by atoms with Crippen LogP contribution in [0.4, 0.5) is 4.39 Å². The van der Waals surface area contributed by atoms with E-state index in [9.17, 15) is 4.39 Å². The fourth-order valence-electron chi connectivity index (χ4n) is 2.68. The molecule has 2 aromatic rings. The van der Waals surface area contributed by atoms with Crippen molar-refractivity contribution in [2.45, 2.75) is 20.0 Å². The van der Waals surface area contributed by atoms with Crippen LogP contribution in [0, 0.1) is 12.7 Å². The minimum atomic E-state index is -0.114. The average molecular weight is 289 g/mol. The van der Waals surface area contributed by atoms with Crippen LogP contribution in [0.3, 0.4) is 0 Å². The van der Waals surface area contributed by atoms with Crippen molar-refractivity contribution in [3.8, 4) is 0 Å². The van der Waals surface area contributed by atoms with Crippen molar-refractivity contribution in [2.75, 3.05) is 26.2 Å². The van der Waals surface area contributed by atoms with E-state index in [1.165, 1.54) is 6.07 Å². The third kappa shape index (κ3) is 3.68. The summed E-state index contributed by atoms with van der Waals surface area (Å²) in [6.07, 6.45) is 0. The summed E-state index contributed by atoms with van der Waals surface area (Å²) in [7, 11) is 0. The van der Waals surface area contributed by atoms with E-state index in [0.717, 1.165) is 49.7 Å². The number of piperazine rings is 1. The molecular formula is C16H20FN3O. The zero-order chi connectivity index (χ0) is 14.7. The van der Waals surface area contributed by atoms with E-state index in [1.54, 1.807) is 6.07 Å². The summed E-state index contributed by atoms with van der Waals surface area (Å²) in [5.74, 6) is 0.798. The Bertz CT molecular complexity index is 591. The first-order chi connectivity index (χ1) is 10.2. The number of nitrogens with zero attached hydrogens (tertiary/aromatic N) is 3. The van der Waals surface area contributed by atoms with Crippen molar-refractivity contribution < 1.29 is 8.91 Å². The van der Waals surface area contributed by atoms with Crippen molar-refractivity contribution in [3.05, 3.63) is 53.2 Å². The summed E-state index contributed by atoms with van der Waals surface area (Å²) < 4.78 is 18.9. The minimum absolute atomic E-state index is 0.114. The summed E-state index contributed by atoms with van der Waals surface area (Å²) in [5, 5.41) is 3.91. The molecule has 1 saturated heterocycles. The molecule has 5 heteroatoms. The zero-order valence-corrected chi connectivity index (χ0v) is 12.3. The monoisotopic (exact) mass is 289 g/mol.